The zero-order valence-electron chi connectivity index (χ0n) is 10.5. The van der Waals surface area contributed by atoms with E-state index in [0.717, 1.165) is 0 Å². The van der Waals surface area contributed by atoms with Crippen molar-refractivity contribution in [3.05, 3.63) is 28.8 Å². The van der Waals surface area contributed by atoms with Gasteiger partial charge in [-0.15, -0.1) is 0 Å². The van der Waals surface area contributed by atoms with E-state index in [2.05, 4.69) is 0 Å². The minimum absolute atomic E-state index is 0.251. The first kappa shape index (κ1) is 12.4. The van der Waals surface area contributed by atoms with Gasteiger partial charge in [0.05, 0.1) is 12.3 Å². The van der Waals surface area contributed by atoms with E-state index in [1.54, 1.807) is 32.2 Å². The number of anilines is 1. The first-order chi connectivity index (χ1) is 9.02. The minimum Gasteiger partial charge on any atom is -0.464 e. The summed E-state index contributed by atoms with van der Waals surface area (Å²) in [5.74, 6) is -0.778. The Morgan fingerprint density at radius 1 is 1.58 bits per heavy atom. The van der Waals surface area contributed by atoms with Crippen LogP contribution < -0.4 is 4.90 Å². The number of benzene rings is 1. The van der Waals surface area contributed by atoms with Gasteiger partial charge in [-0.25, -0.2) is 4.79 Å². The molecule has 2 atom stereocenters. The van der Waals surface area contributed by atoms with Crippen molar-refractivity contribution < 1.29 is 19.1 Å². The summed E-state index contributed by atoms with van der Waals surface area (Å²) in [5.41, 5.74) is 0.105. The molecule has 100 valence electrons. The number of carbonyl (C=O) groups excluding carboxylic acids is 2. The highest BCUT2D eigenvalue weighted by atomic mass is 35.5. The Bertz CT molecular complexity index is 588. The summed E-state index contributed by atoms with van der Waals surface area (Å²) < 4.78 is 10.3. The predicted molar refractivity (Wildman–Crippen MR) is 68.0 cm³/mol. The number of fused-ring (bicyclic) bond motifs is 2. The number of hydrogen-bond acceptors (Lipinski definition) is 4. The number of likely N-dealkylation sites (N-methyl/N-ethyl adjacent to an activating group) is 1. The predicted octanol–water partition coefficient (Wildman–Crippen LogP) is 1.47. The van der Waals surface area contributed by atoms with Crippen molar-refractivity contribution in [2.75, 3.05) is 18.6 Å². The first-order valence-electron chi connectivity index (χ1n) is 5.95. The molecule has 1 spiro atoms. The molecule has 0 N–H and O–H groups in total. The molecule has 0 saturated carbocycles. The van der Waals surface area contributed by atoms with Gasteiger partial charge < -0.3 is 14.4 Å². The maximum Gasteiger partial charge on any atom is 0.339 e. The van der Waals surface area contributed by atoms with E-state index in [1.807, 2.05) is 0 Å². The Morgan fingerprint density at radius 3 is 3.00 bits per heavy atom. The molecular weight excluding hydrogens is 270 g/mol. The summed E-state index contributed by atoms with van der Waals surface area (Å²) in [7, 11) is 1.65. The van der Waals surface area contributed by atoms with Crippen LogP contribution in [0.25, 0.3) is 0 Å². The van der Waals surface area contributed by atoms with Crippen molar-refractivity contribution in [2.45, 2.75) is 18.6 Å². The average Bonchev–Trinajstić information content (AvgIpc) is 3.10. The Labute approximate surface area is 115 Å². The topological polar surface area (TPSA) is 59.1 Å². The third-order valence-corrected chi connectivity index (χ3v) is 3.69. The summed E-state index contributed by atoms with van der Waals surface area (Å²) >= 11 is 5.96. The third kappa shape index (κ3) is 1.52. The molecule has 1 aromatic rings. The zero-order chi connectivity index (χ0) is 13.8. The fourth-order valence-corrected chi connectivity index (χ4v) is 2.70. The maximum absolute atomic E-state index is 12.3. The highest BCUT2D eigenvalue weighted by molar-refractivity contribution is 6.31. The van der Waals surface area contributed by atoms with Crippen LogP contribution in [0.1, 0.15) is 12.5 Å². The van der Waals surface area contributed by atoms with Gasteiger partial charge >= 0.3 is 5.97 Å². The molecule has 5 nitrogen and oxygen atoms in total. The zero-order valence-corrected chi connectivity index (χ0v) is 11.2. The lowest BCUT2D eigenvalue weighted by molar-refractivity contribution is -0.144. The van der Waals surface area contributed by atoms with E-state index in [1.165, 1.54) is 4.90 Å². The summed E-state index contributed by atoms with van der Waals surface area (Å²) in [6, 6.07) is 5.11. The molecule has 2 heterocycles. The van der Waals surface area contributed by atoms with Crippen LogP contribution in [-0.4, -0.2) is 31.6 Å². The molecule has 19 heavy (non-hydrogen) atoms. The van der Waals surface area contributed by atoms with Crippen molar-refractivity contribution in [3.8, 4) is 0 Å². The SMILES string of the molecule is CCOC(=O)[C@@H]1O[C@@]12C(=O)N(C)c1ccc(Cl)cc12. The van der Waals surface area contributed by atoms with Crippen LogP contribution in [0.2, 0.25) is 5.02 Å². The number of ether oxygens (including phenoxy) is 2. The van der Waals surface area contributed by atoms with Crippen LogP contribution in [0.4, 0.5) is 5.69 Å². The lowest BCUT2D eigenvalue weighted by Gasteiger charge is -2.08. The molecular formula is C13H12ClNO4. The van der Waals surface area contributed by atoms with E-state index < -0.39 is 17.7 Å². The molecule has 0 aromatic heterocycles. The number of hydrogen-bond donors (Lipinski definition) is 0. The molecule has 6 heteroatoms. The van der Waals surface area contributed by atoms with Gasteiger partial charge in [-0.2, -0.15) is 0 Å². The van der Waals surface area contributed by atoms with Crippen LogP contribution in [0.3, 0.4) is 0 Å². The van der Waals surface area contributed by atoms with Crippen LogP contribution in [-0.2, 0) is 24.7 Å². The monoisotopic (exact) mass is 281 g/mol. The number of nitrogens with zero attached hydrogens (tertiary/aromatic N) is 1. The third-order valence-electron chi connectivity index (χ3n) is 3.46. The van der Waals surface area contributed by atoms with Gasteiger partial charge in [0.25, 0.3) is 5.91 Å². The number of halogens is 1. The average molecular weight is 282 g/mol. The van der Waals surface area contributed by atoms with Crippen molar-refractivity contribution in [1.82, 2.24) is 0 Å². The van der Waals surface area contributed by atoms with E-state index in [0.29, 0.717) is 16.3 Å². The van der Waals surface area contributed by atoms with Gasteiger partial charge in [0, 0.05) is 17.6 Å². The number of epoxide rings is 1. The van der Waals surface area contributed by atoms with Crippen LogP contribution in [0, 0.1) is 0 Å². The lowest BCUT2D eigenvalue weighted by Crippen LogP contribution is -2.33. The van der Waals surface area contributed by atoms with Crippen molar-refractivity contribution in [2.24, 2.45) is 0 Å². The summed E-state index contributed by atoms with van der Waals surface area (Å²) in [5, 5.41) is 0.499. The summed E-state index contributed by atoms with van der Waals surface area (Å²) in [6.45, 7) is 1.96. The molecule has 0 aliphatic carbocycles. The van der Waals surface area contributed by atoms with Gasteiger partial charge in [-0.05, 0) is 25.1 Å². The molecule has 2 aliphatic rings. The van der Waals surface area contributed by atoms with Gasteiger partial charge in [0.1, 0.15) is 0 Å². The Kier molecular flexibility index (Phi) is 2.59. The first-order valence-corrected chi connectivity index (χ1v) is 6.32. The smallest absolute Gasteiger partial charge is 0.339 e. The number of rotatable bonds is 2. The van der Waals surface area contributed by atoms with Gasteiger partial charge in [-0.3, -0.25) is 4.79 Å². The largest absolute Gasteiger partial charge is 0.464 e. The van der Waals surface area contributed by atoms with Crippen LogP contribution in [0.5, 0.6) is 0 Å². The van der Waals surface area contributed by atoms with E-state index in [9.17, 15) is 9.59 Å². The van der Waals surface area contributed by atoms with E-state index in [4.69, 9.17) is 21.1 Å². The number of esters is 1. The molecule has 1 saturated heterocycles. The molecule has 1 fully saturated rings. The Balaban J connectivity index is 2.04. The molecule has 0 radical (unpaired) electrons. The number of carbonyl (C=O) groups is 2. The van der Waals surface area contributed by atoms with Gasteiger partial charge in [-0.1, -0.05) is 11.6 Å². The molecule has 3 rings (SSSR count). The summed E-state index contributed by atoms with van der Waals surface area (Å²) in [6.07, 6.45) is -0.873. The van der Waals surface area contributed by atoms with Gasteiger partial charge in [0.15, 0.2) is 6.10 Å². The molecule has 0 bridgehead atoms. The second kappa shape index (κ2) is 3.95. The van der Waals surface area contributed by atoms with Crippen molar-refractivity contribution >= 4 is 29.2 Å². The molecule has 2 aliphatic heterocycles. The molecule has 0 unspecified atom stereocenters. The normalized spacial score (nSPS) is 27.6. The van der Waals surface area contributed by atoms with Crippen LogP contribution >= 0.6 is 11.6 Å². The second-order valence-electron chi connectivity index (χ2n) is 4.51. The van der Waals surface area contributed by atoms with E-state index in [-0.39, 0.29) is 12.5 Å². The Hall–Kier alpha value is -1.59. The minimum atomic E-state index is -1.23. The van der Waals surface area contributed by atoms with Gasteiger partial charge in [0.2, 0.25) is 5.60 Å². The quantitative estimate of drug-likeness (QED) is 0.608. The second-order valence-corrected chi connectivity index (χ2v) is 4.95. The molecule has 1 aromatic carbocycles. The highest BCUT2D eigenvalue weighted by Gasteiger charge is 2.72. The van der Waals surface area contributed by atoms with Crippen LogP contribution in [0.15, 0.2) is 18.2 Å². The maximum atomic E-state index is 12.3. The van der Waals surface area contributed by atoms with Crippen molar-refractivity contribution in [1.29, 1.82) is 0 Å². The summed E-state index contributed by atoms with van der Waals surface area (Å²) in [4.78, 5) is 25.6. The molecule has 1 amide bonds. The van der Waals surface area contributed by atoms with Crippen molar-refractivity contribution in [3.63, 3.8) is 0 Å². The lowest BCUT2D eigenvalue weighted by atomic mass is 9.97. The Morgan fingerprint density at radius 2 is 2.32 bits per heavy atom. The highest BCUT2D eigenvalue weighted by Crippen LogP contribution is 2.56. The fourth-order valence-electron chi connectivity index (χ4n) is 2.52. The number of amides is 1. The van der Waals surface area contributed by atoms with E-state index >= 15 is 0 Å². The fraction of sp³-hybridized carbons (Fsp3) is 0.385. The standard InChI is InChI=1S/C13H12ClNO4/c1-3-18-11(16)10-13(19-10)8-6-7(14)4-5-9(8)15(2)12(13)17/h4-6,10H,3H2,1-2H3/t10-,13+/m0/s1.